The van der Waals surface area contributed by atoms with E-state index >= 15 is 0 Å². The number of rotatable bonds is 4. The first-order valence-corrected chi connectivity index (χ1v) is 9.41. The number of alkyl halides is 3. The van der Waals surface area contributed by atoms with Gasteiger partial charge in [0.25, 0.3) is 0 Å². The Balaban J connectivity index is 1.74. The lowest BCUT2D eigenvalue weighted by atomic mass is 10.2. The van der Waals surface area contributed by atoms with Gasteiger partial charge >= 0.3 is 12.2 Å². The number of nitrogens with one attached hydrogen (secondary N) is 2. The maximum atomic E-state index is 13.4. The third-order valence-electron chi connectivity index (χ3n) is 3.99. The van der Waals surface area contributed by atoms with E-state index < -0.39 is 23.6 Å². The Labute approximate surface area is 189 Å². The van der Waals surface area contributed by atoms with Crippen molar-refractivity contribution in [3.63, 3.8) is 0 Å². The van der Waals surface area contributed by atoms with Crippen molar-refractivity contribution in [2.45, 2.75) is 6.18 Å². The fourth-order valence-corrected chi connectivity index (χ4v) is 2.91. The van der Waals surface area contributed by atoms with Gasteiger partial charge in [-0.05, 0) is 42.5 Å². The molecule has 0 fully saturated rings. The van der Waals surface area contributed by atoms with E-state index in [-0.39, 0.29) is 38.6 Å². The molecule has 0 heterocycles. The molecule has 0 aliphatic carbocycles. The van der Waals surface area contributed by atoms with Gasteiger partial charge < -0.3 is 15.4 Å². The Morgan fingerprint density at radius 3 is 2.22 bits per heavy atom. The smallest absolute Gasteiger partial charge is 0.419 e. The van der Waals surface area contributed by atoms with Crippen LogP contribution in [-0.2, 0) is 6.18 Å². The molecule has 2 amide bonds. The van der Waals surface area contributed by atoms with Gasteiger partial charge in [0.15, 0.2) is 0 Å². The summed E-state index contributed by atoms with van der Waals surface area (Å²) in [5, 5.41) is 5.00. The normalized spacial score (nSPS) is 10.9. The van der Waals surface area contributed by atoms with E-state index in [9.17, 15) is 22.4 Å². The van der Waals surface area contributed by atoms with E-state index in [0.29, 0.717) is 12.1 Å². The van der Waals surface area contributed by atoms with Gasteiger partial charge in [-0.3, -0.25) is 0 Å². The van der Waals surface area contributed by atoms with Crippen LogP contribution in [0.15, 0.2) is 54.6 Å². The summed E-state index contributed by atoms with van der Waals surface area (Å²) in [5.41, 5.74) is -1.30. The molecular weight excluding hydrogens is 473 g/mol. The number of hydrogen-bond acceptors (Lipinski definition) is 2. The first kappa shape index (κ1) is 23.2. The Morgan fingerprint density at radius 1 is 0.938 bits per heavy atom. The molecule has 0 radical (unpaired) electrons. The van der Waals surface area contributed by atoms with E-state index in [1.807, 2.05) is 0 Å². The second-order valence-corrected chi connectivity index (χ2v) is 7.06. The number of hydrogen-bond donors (Lipinski definition) is 2. The Kier molecular flexibility index (Phi) is 6.77. The highest BCUT2D eigenvalue weighted by Crippen LogP contribution is 2.36. The van der Waals surface area contributed by atoms with Gasteiger partial charge in [0.1, 0.15) is 17.3 Å². The lowest BCUT2D eigenvalue weighted by Crippen LogP contribution is -2.20. The standard InChI is InChI=1S/C21H11Cl2F4N3O2/c1-28-18-7-4-13(10-16(18)23)32-19-9-12(2-5-15(19)22)30-20(31)29-11-3-6-17(24)14(8-11)21(25,26)27/h2-10H,(H2,29,30,31). The maximum Gasteiger partial charge on any atom is 0.419 e. The van der Waals surface area contributed by atoms with Crippen molar-refractivity contribution in [1.82, 2.24) is 0 Å². The van der Waals surface area contributed by atoms with Crippen molar-refractivity contribution in [2.24, 2.45) is 0 Å². The van der Waals surface area contributed by atoms with Crippen LogP contribution in [-0.4, -0.2) is 6.03 Å². The molecule has 0 aliphatic heterocycles. The third-order valence-corrected chi connectivity index (χ3v) is 4.60. The van der Waals surface area contributed by atoms with Crippen molar-refractivity contribution in [3.05, 3.63) is 87.4 Å². The van der Waals surface area contributed by atoms with Gasteiger partial charge in [0, 0.05) is 17.4 Å². The van der Waals surface area contributed by atoms with Gasteiger partial charge in [0.05, 0.1) is 22.2 Å². The van der Waals surface area contributed by atoms with Crippen LogP contribution < -0.4 is 15.4 Å². The van der Waals surface area contributed by atoms with Gasteiger partial charge in [-0.25, -0.2) is 14.0 Å². The Hall–Kier alpha value is -3.48. The second kappa shape index (κ2) is 9.34. The van der Waals surface area contributed by atoms with E-state index in [4.69, 9.17) is 34.5 Å². The van der Waals surface area contributed by atoms with E-state index in [1.165, 1.54) is 36.4 Å². The van der Waals surface area contributed by atoms with Crippen LogP contribution in [0.25, 0.3) is 4.85 Å². The predicted octanol–water partition coefficient (Wildman–Crippen LogP) is 8.14. The lowest BCUT2D eigenvalue weighted by molar-refractivity contribution is -0.139. The molecule has 3 aromatic rings. The van der Waals surface area contributed by atoms with Crippen LogP contribution in [0.2, 0.25) is 10.0 Å². The van der Waals surface area contributed by atoms with Crippen LogP contribution in [0.4, 0.5) is 39.4 Å². The van der Waals surface area contributed by atoms with Gasteiger partial charge in [-0.1, -0.05) is 29.3 Å². The highest BCUT2D eigenvalue weighted by molar-refractivity contribution is 6.33. The number of ether oxygens (including phenoxy) is 1. The van der Waals surface area contributed by atoms with Crippen molar-refractivity contribution in [3.8, 4) is 11.5 Å². The summed E-state index contributed by atoms with van der Waals surface area (Å²) in [7, 11) is 0. The number of benzene rings is 3. The van der Waals surface area contributed by atoms with Gasteiger partial charge in [0.2, 0.25) is 5.69 Å². The van der Waals surface area contributed by atoms with Gasteiger partial charge in [-0.15, -0.1) is 0 Å². The Bertz CT molecular complexity index is 1230. The van der Waals surface area contributed by atoms with E-state index in [1.54, 1.807) is 0 Å². The molecule has 0 spiro atoms. The van der Waals surface area contributed by atoms with Crippen LogP contribution in [0.3, 0.4) is 0 Å². The summed E-state index contributed by atoms with van der Waals surface area (Å²) in [6.07, 6.45) is -4.91. The Morgan fingerprint density at radius 2 is 1.59 bits per heavy atom. The van der Waals surface area contributed by atoms with E-state index in [0.717, 1.165) is 6.07 Å². The summed E-state index contributed by atoms with van der Waals surface area (Å²) in [5.74, 6) is -1.01. The molecule has 0 saturated carbocycles. The molecule has 0 atom stereocenters. The number of urea groups is 1. The van der Waals surface area contributed by atoms with Gasteiger partial charge in [-0.2, -0.15) is 13.2 Å². The highest BCUT2D eigenvalue weighted by Gasteiger charge is 2.34. The largest absolute Gasteiger partial charge is 0.456 e. The van der Waals surface area contributed by atoms with Crippen LogP contribution in [0.1, 0.15) is 5.56 Å². The number of carbonyl (C=O) groups is 1. The first-order chi connectivity index (χ1) is 15.1. The summed E-state index contributed by atoms with van der Waals surface area (Å²) in [6, 6.07) is 9.87. The zero-order valence-corrected chi connectivity index (χ0v) is 17.2. The van der Waals surface area contributed by atoms with Crippen LogP contribution >= 0.6 is 23.2 Å². The van der Waals surface area contributed by atoms with Crippen LogP contribution in [0, 0.1) is 12.4 Å². The minimum Gasteiger partial charge on any atom is -0.456 e. The summed E-state index contributed by atoms with van der Waals surface area (Å²) in [4.78, 5) is 15.4. The summed E-state index contributed by atoms with van der Waals surface area (Å²) < 4.78 is 57.5. The molecule has 32 heavy (non-hydrogen) atoms. The lowest BCUT2D eigenvalue weighted by Gasteiger charge is -2.13. The number of anilines is 2. The fraction of sp³-hybridized carbons (Fsp3) is 0.0476. The maximum absolute atomic E-state index is 13.4. The predicted molar refractivity (Wildman–Crippen MR) is 113 cm³/mol. The quantitative estimate of drug-likeness (QED) is 0.290. The zero-order valence-electron chi connectivity index (χ0n) is 15.7. The molecular formula is C21H11Cl2F4N3O2. The molecule has 11 heteroatoms. The number of amides is 2. The fourth-order valence-electron chi connectivity index (χ4n) is 2.54. The zero-order chi connectivity index (χ0) is 23.5. The molecule has 0 aromatic heterocycles. The van der Waals surface area contributed by atoms with Crippen molar-refractivity contribution in [1.29, 1.82) is 0 Å². The van der Waals surface area contributed by atoms with Crippen LogP contribution in [0.5, 0.6) is 11.5 Å². The molecule has 0 saturated heterocycles. The number of carbonyl (C=O) groups excluding carboxylic acids is 1. The van der Waals surface area contributed by atoms with Crippen molar-refractivity contribution >= 4 is 46.3 Å². The molecule has 0 bridgehead atoms. The van der Waals surface area contributed by atoms with Crippen molar-refractivity contribution < 1.29 is 27.1 Å². The monoisotopic (exact) mass is 483 g/mol. The first-order valence-electron chi connectivity index (χ1n) is 8.66. The van der Waals surface area contributed by atoms with Crippen molar-refractivity contribution in [2.75, 3.05) is 10.6 Å². The molecule has 2 N–H and O–H groups in total. The summed E-state index contributed by atoms with van der Waals surface area (Å²) in [6.45, 7) is 6.99. The van der Waals surface area contributed by atoms with E-state index in [2.05, 4.69) is 15.5 Å². The minimum atomic E-state index is -4.91. The molecule has 5 nitrogen and oxygen atoms in total. The molecule has 164 valence electrons. The third kappa shape index (κ3) is 5.60. The number of nitrogens with zero attached hydrogens (tertiary/aromatic N) is 1. The second-order valence-electron chi connectivity index (χ2n) is 6.24. The minimum absolute atomic E-state index is 0.150. The molecule has 3 rings (SSSR count). The molecule has 0 unspecified atom stereocenters. The number of halogens is 6. The molecule has 0 aliphatic rings. The molecule has 3 aromatic carbocycles. The SMILES string of the molecule is [C-]#[N+]c1ccc(Oc2cc(NC(=O)Nc3ccc(F)c(C(F)(F)F)c3)ccc2Cl)cc1Cl. The summed E-state index contributed by atoms with van der Waals surface area (Å²) >= 11 is 12.1. The highest BCUT2D eigenvalue weighted by atomic mass is 35.5. The average molecular weight is 484 g/mol. The average Bonchev–Trinajstić information content (AvgIpc) is 2.71. The topological polar surface area (TPSA) is 54.7 Å².